The lowest BCUT2D eigenvalue weighted by atomic mass is 10.1. The van der Waals surface area contributed by atoms with E-state index in [9.17, 15) is 0 Å². The van der Waals surface area contributed by atoms with Crippen LogP contribution in [0.5, 0.6) is 5.75 Å². The molecular weight excluding hydrogens is 296 g/mol. The molecule has 21 heavy (non-hydrogen) atoms. The molecule has 1 unspecified atom stereocenters. The third kappa shape index (κ3) is 3.49. The van der Waals surface area contributed by atoms with E-state index in [4.69, 9.17) is 4.74 Å². The van der Waals surface area contributed by atoms with Crippen molar-refractivity contribution in [3.8, 4) is 5.75 Å². The monoisotopic (exact) mass is 312 g/mol. The number of methoxy groups -OCH3 is 1. The quantitative estimate of drug-likeness (QED) is 0.564. The summed E-state index contributed by atoms with van der Waals surface area (Å²) in [6.45, 7) is 0. The zero-order valence-electron chi connectivity index (χ0n) is 11.7. The van der Waals surface area contributed by atoms with Gasteiger partial charge in [-0.25, -0.2) is 0 Å². The third-order valence-corrected chi connectivity index (χ3v) is 5.61. The maximum Gasteiger partial charge on any atom is 0.118 e. The molecule has 0 aliphatic rings. The molecular formula is C18H16OS2. The van der Waals surface area contributed by atoms with Crippen molar-refractivity contribution in [3.63, 3.8) is 0 Å². The lowest BCUT2D eigenvalue weighted by Crippen LogP contribution is -1.94. The Kier molecular flexibility index (Phi) is 4.63. The van der Waals surface area contributed by atoms with Crippen molar-refractivity contribution in [1.82, 2.24) is 0 Å². The van der Waals surface area contributed by atoms with Gasteiger partial charge in [0.15, 0.2) is 0 Å². The Morgan fingerprint density at radius 1 is 0.905 bits per heavy atom. The number of ether oxygens (including phenoxy) is 1. The molecule has 106 valence electrons. The first-order valence-electron chi connectivity index (χ1n) is 6.76. The van der Waals surface area contributed by atoms with Crippen LogP contribution in [0.1, 0.15) is 15.7 Å². The smallest absolute Gasteiger partial charge is 0.118 e. The predicted octanol–water partition coefficient (Wildman–Crippen LogP) is 5.64. The molecule has 0 N–H and O–H groups in total. The number of rotatable bonds is 5. The van der Waals surface area contributed by atoms with Crippen LogP contribution in [0.15, 0.2) is 77.0 Å². The normalized spacial score (nSPS) is 12.0. The zero-order chi connectivity index (χ0) is 14.5. The van der Waals surface area contributed by atoms with Crippen molar-refractivity contribution in [3.05, 3.63) is 82.6 Å². The number of hydrogen-bond acceptors (Lipinski definition) is 3. The minimum Gasteiger partial charge on any atom is -0.497 e. The van der Waals surface area contributed by atoms with E-state index in [0.29, 0.717) is 5.25 Å². The van der Waals surface area contributed by atoms with Crippen molar-refractivity contribution in [1.29, 1.82) is 0 Å². The molecule has 0 radical (unpaired) electrons. The second-order valence-corrected chi connectivity index (χ2v) is 6.76. The van der Waals surface area contributed by atoms with Gasteiger partial charge in [-0.3, -0.25) is 0 Å². The van der Waals surface area contributed by atoms with Crippen LogP contribution in [0.25, 0.3) is 0 Å². The summed E-state index contributed by atoms with van der Waals surface area (Å²) in [5, 5.41) is 2.45. The fraction of sp³-hybridized carbons (Fsp3) is 0.111. The third-order valence-electron chi connectivity index (χ3n) is 3.22. The van der Waals surface area contributed by atoms with Gasteiger partial charge in [0.1, 0.15) is 5.75 Å². The minimum atomic E-state index is 0.318. The molecule has 0 saturated heterocycles. The molecule has 3 rings (SSSR count). The van der Waals surface area contributed by atoms with Gasteiger partial charge in [0.05, 0.1) is 12.4 Å². The highest BCUT2D eigenvalue weighted by molar-refractivity contribution is 7.99. The number of thiophene rings is 1. The Labute approximate surface area is 133 Å². The van der Waals surface area contributed by atoms with Gasteiger partial charge in [-0.05, 0) is 41.3 Å². The van der Waals surface area contributed by atoms with E-state index in [-0.39, 0.29) is 0 Å². The fourth-order valence-corrected chi connectivity index (χ4v) is 4.26. The maximum absolute atomic E-state index is 5.25. The highest BCUT2D eigenvalue weighted by Gasteiger charge is 2.16. The maximum atomic E-state index is 5.25. The first-order valence-corrected chi connectivity index (χ1v) is 8.52. The van der Waals surface area contributed by atoms with Crippen molar-refractivity contribution in [2.24, 2.45) is 0 Å². The van der Waals surface area contributed by atoms with Crippen molar-refractivity contribution in [2.45, 2.75) is 10.1 Å². The molecule has 1 heterocycles. The predicted molar refractivity (Wildman–Crippen MR) is 91.5 cm³/mol. The van der Waals surface area contributed by atoms with Crippen molar-refractivity contribution in [2.75, 3.05) is 7.11 Å². The molecule has 0 bridgehead atoms. The number of benzene rings is 2. The van der Waals surface area contributed by atoms with Crippen LogP contribution in [-0.2, 0) is 0 Å². The number of thioether (sulfide) groups is 1. The van der Waals surface area contributed by atoms with Crippen LogP contribution in [0, 0.1) is 0 Å². The Morgan fingerprint density at radius 2 is 1.67 bits per heavy atom. The van der Waals surface area contributed by atoms with Gasteiger partial charge in [0.2, 0.25) is 0 Å². The molecule has 0 amide bonds. The van der Waals surface area contributed by atoms with Crippen LogP contribution in [0.4, 0.5) is 0 Å². The SMILES string of the molecule is COc1ccc(C(Sc2ccccc2)c2cccs2)cc1. The molecule has 1 nitrogen and oxygen atoms in total. The zero-order valence-corrected chi connectivity index (χ0v) is 13.4. The Balaban J connectivity index is 1.92. The van der Waals surface area contributed by atoms with Crippen molar-refractivity contribution >= 4 is 23.1 Å². The topological polar surface area (TPSA) is 9.23 Å². The van der Waals surface area contributed by atoms with Gasteiger partial charge in [0.25, 0.3) is 0 Å². The van der Waals surface area contributed by atoms with Gasteiger partial charge in [-0.2, -0.15) is 0 Å². The summed E-state index contributed by atoms with van der Waals surface area (Å²) in [6, 6.07) is 23.2. The minimum absolute atomic E-state index is 0.318. The average molecular weight is 312 g/mol. The second kappa shape index (κ2) is 6.83. The summed E-state index contributed by atoms with van der Waals surface area (Å²) in [5.74, 6) is 0.897. The van der Waals surface area contributed by atoms with Gasteiger partial charge < -0.3 is 4.74 Å². The Bertz CT molecular complexity index is 660. The highest BCUT2D eigenvalue weighted by atomic mass is 32.2. The highest BCUT2D eigenvalue weighted by Crippen LogP contribution is 2.42. The van der Waals surface area contributed by atoms with E-state index in [1.54, 1.807) is 18.4 Å². The fourth-order valence-electron chi connectivity index (χ4n) is 2.14. The molecule has 0 spiro atoms. The van der Waals surface area contributed by atoms with E-state index >= 15 is 0 Å². The van der Waals surface area contributed by atoms with E-state index in [1.807, 2.05) is 23.9 Å². The van der Waals surface area contributed by atoms with Crippen LogP contribution in [-0.4, -0.2) is 7.11 Å². The van der Waals surface area contributed by atoms with Crippen LogP contribution in [0.2, 0.25) is 0 Å². The molecule has 3 aromatic rings. The van der Waals surface area contributed by atoms with Crippen LogP contribution < -0.4 is 4.74 Å². The summed E-state index contributed by atoms with van der Waals surface area (Å²) in [4.78, 5) is 2.65. The Hall–Kier alpha value is -1.71. The van der Waals surface area contributed by atoms with E-state index in [2.05, 4.69) is 60.0 Å². The van der Waals surface area contributed by atoms with Gasteiger partial charge in [0, 0.05) is 9.77 Å². The van der Waals surface area contributed by atoms with Gasteiger partial charge >= 0.3 is 0 Å². The summed E-state index contributed by atoms with van der Waals surface area (Å²) >= 11 is 3.69. The molecule has 1 aromatic heterocycles. The van der Waals surface area contributed by atoms with Crippen LogP contribution >= 0.6 is 23.1 Å². The molecule has 0 fully saturated rings. The molecule has 0 aliphatic carbocycles. The molecule has 1 atom stereocenters. The first kappa shape index (κ1) is 14.2. The molecule has 2 aromatic carbocycles. The van der Waals surface area contributed by atoms with E-state index in [0.717, 1.165) is 5.75 Å². The summed E-state index contributed by atoms with van der Waals surface area (Å²) < 4.78 is 5.25. The molecule has 0 saturated carbocycles. The van der Waals surface area contributed by atoms with Gasteiger partial charge in [-0.15, -0.1) is 23.1 Å². The summed E-state index contributed by atoms with van der Waals surface area (Å²) in [5.41, 5.74) is 1.30. The van der Waals surface area contributed by atoms with Crippen LogP contribution in [0.3, 0.4) is 0 Å². The Morgan fingerprint density at radius 3 is 2.29 bits per heavy atom. The lowest BCUT2D eigenvalue weighted by molar-refractivity contribution is 0.414. The van der Waals surface area contributed by atoms with Crippen molar-refractivity contribution < 1.29 is 4.74 Å². The summed E-state index contributed by atoms with van der Waals surface area (Å²) in [7, 11) is 1.70. The average Bonchev–Trinajstić information content (AvgIpc) is 3.08. The lowest BCUT2D eigenvalue weighted by Gasteiger charge is -2.16. The van der Waals surface area contributed by atoms with E-state index in [1.165, 1.54) is 15.3 Å². The standard InChI is InChI=1S/C18H16OS2/c1-19-15-11-9-14(10-12-15)18(17-8-5-13-20-17)21-16-6-3-2-4-7-16/h2-13,18H,1H3. The second-order valence-electron chi connectivity index (χ2n) is 4.60. The largest absolute Gasteiger partial charge is 0.497 e. The van der Waals surface area contributed by atoms with Gasteiger partial charge in [-0.1, -0.05) is 36.4 Å². The summed E-state index contributed by atoms with van der Waals surface area (Å²) in [6.07, 6.45) is 0. The molecule has 3 heteroatoms. The number of hydrogen-bond donors (Lipinski definition) is 0. The first-order chi connectivity index (χ1) is 10.4. The molecule has 0 aliphatic heterocycles. The van der Waals surface area contributed by atoms with E-state index < -0.39 is 0 Å².